The molecule has 2 amide bonds. The summed E-state index contributed by atoms with van der Waals surface area (Å²) < 4.78 is 2.00. The maximum absolute atomic E-state index is 12.8. The molecule has 0 spiro atoms. The lowest BCUT2D eigenvalue weighted by molar-refractivity contribution is -0.134. The summed E-state index contributed by atoms with van der Waals surface area (Å²) in [7, 11) is 0. The van der Waals surface area contributed by atoms with Crippen LogP contribution in [0.3, 0.4) is 0 Å². The number of carbonyl (C=O) groups is 2. The van der Waals surface area contributed by atoms with Gasteiger partial charge < -0.3 is 16.0 Å². The maximum atomic E-state index is 12.8. The van der Waals surface area contributed by atoms with Crippen molar-refractivity contribution in [3.63, 3.8) is 0 Å². The number of fused-ring (bicyclic) bond motifs is 1. The molecule has 1 aliphatic heterocycles. The molecule has 2 atom stereocenters. The van der Waals surface area contributed by atoms with Crippen molar-refractivity contribution in [3.8, 4) is 11.3 Å². The van der Waals surface area contributed by atoms with Crippen LogP contribution in [0, 0.1) is 0 Å². The van der Waals surface area contributed by atoms with Crippen LogP contribution in [0.4, 0.5) is 11.6 Å². The second-order valence-electron chi connectivity index (χ2n) is 9.52. The highest BCUT2D eigenvalue weighted by atomic mass is 16.2. The first-order valence-electron chi connectivity index (χ1n) is 12.7. The number of hydrogen-bond donors (Lipinski definition) is 2. The smallest absolute Gasteiger partial charge is 0.256 e. The summed E-state index contributed by atoms with van der Waals surface area (Å²) >= 11 is 0. The highest BCUT2D eigenvalue weighted by molar-refractivity contribution is 6.04. The minimum absolute atomic E-state index is 0.0866. The first-order valence-corrected chi connectivity index (χ1v) is 12.7. The Labute approximate surface area is 215 Å². The van der Waals surface area contributed by atoms with Crippen LogP contribution in [0.2, 0.25) is 0 Å². The Hall–Kier alpha value is -4.27. The van der Waals surface area contributed by atoms with E-state index in [-0.39, 0.29) is 23.8 Å². The predicted molar refractivity (Wildman–Crippen MR) is 143 cm³/mol. The van der Waals surface area contributed by atoms with Gasteiger partial charge in [0.15, 0.2) is 0 Å². The summed E-state index contributed by atoms with van der Waals surface area (Å²) in [6.07, 6.45) is 8.43. The number of anilines is 2. The number of aromatic nitrogens is 4. The molecule has 0 saturated carbocycles. The van der Waals surface area contributed by atoms with Gasteiger partial charge in [0.25, 0.3) is 5.91 Å². The molecule has 0 radical (unpaired) electrons. The molecule has 1 saturated heterocycles. The van der Waals surface area contributed by atoms with E-state index in [9.17, 15) is 9.59 Å². The van der Waals surface area contributed by atoms with Gasteiger partial charge in [-0.15, -0.1) is 0 Å². The van der Waals surface area contributed by atoms with E-state index < -0.39 is 0 Å². The van der Waals surface area contributed by atoms with Crippen molar-refractivity contribution in [2.45, 2.75) is 51.5 Å². The topological polar surface area (TPSA) is 119 Å². The molecule has 0 unspecified atom stereocenters. The molecular weight excluding hydrogens is 466 g/mol. The van der Waals surface area contributed by atoms with Crippen LogP contribution in [0.1, 0.15) is 61.6 Å². The van der Waals surface area contributed by atoms with Gasteiger partial charge in [0.2, 0.25) is 5.91 Å². The molecule has 9 heteroatoms. The molecule has 0 aliphatic carbocycles. The molecule has 1 aromatic carbocycles. The van der Waals surface area contributed by atoms with E-state index in [2.05, 4.69) is 22.2 Å². The number of imidazole rings is 1. The monoisotopic (exact) mass is 497 g/mol. The van der Waals surface area contributed by atoms with Crippen molar-refractivity contribution in [1.29, 1.82) is 0 Å². The molecule has 0 bridgehead atoms. The lowest BCUT2D eigenvalue weighted by atomic mass is 9.92. The number of amides is 2. The molecule has 5 rings (SSSR count). The average molecular weight is 498 g/mol. The van der Waals surface area contributed by atoms with Gasteiger partial charge in [-0.25, -0.2) is 15.0 Å². The van der Waals surface area contributed by atoms with Gasteiger partial charge in [0.1, 0.15) is 28.7 Å². The Morgan fingerprint density at radius 3 is 2.62 bits per heavy atom. The molecule has 3 N–H and O–H groups in total. The van der Waals surface area contributed by atoms with E-state index in [1.807, 2.05) is 40.6 Å². The Kier molecular flexibility index (Phi) is 6.85. The van der Waals surface area contributed by atoms with Crippen molar-refractivity contribution in [1.82, 2.24) is 24.3 Å². The molecule has 3 aromatic heterocycles. The van der Waals surface area contributed by atoms with Gasteiger partial charge in [-0.3, -0.25) is 14.0 Å². The van der Waals surface area contributed by atoms with E-state index in [0.29, 0.717) is 35.9 Å². The zero-order valence-electron chi connectivity index (χ0n) is 21.1. The van der Waals surface area contributed by atoms with Crippen LogP contribution >= 0.6 is 0 Å². The molecule has 37 heavy (non-hydrogen) atoms. The third kappa shape index (κ3) is 4.89. The van der Waals surface area contributed by atoms with E-state index in [4.69, 9.17) is 10.7 Å². The van der Waals surface area contributed by atoms with Crippen LogP contribution in [-0.2, 0) is 4.79 Å². The van der Waals surface area contributed by atoms with E-state index in [1.165, 1.54) is 0 Å². The molecule has 4 aromatic rings. The summed E-state index contributed by atoms with van der Waals surface area (Å²) in [5.41, 5.74) is 9.12. The van der Waals surface area contributed by atoms with Gasteiger partial charge in [-0.1, -0.05) is 25.1 Å². The predicted octanol–water partition coefficient (Wildman–Crippen LogP) is 4.52. The summed E-state index contributed by atoms with van der Waals surface area (Å²) in [5, 5.41) is 2.80. The van der Waals surface area contributed by atoms with Crippen LogP contribution in [0.5, 0.6) is 0 Å². The first-order chi connectivity index (χ1) is 18.0. The Balaban J connectivity index is 1.46. The normalized spacial score (nSPS) is 17.6. The van der Waals surface area contributed by atoms with Gasteiger partial charge in [0.05, 0.1) is 0 Å². The van der Waals surface area contributed by atoms with Gasteiger partial charge in [-0.2, -0.15) is 0 Å². The second-order valence-corrected chi connectivity index (χ2v) is 9.52. The number of rotatable bonds is 6. The third-order valence-electron chi connectivity index (χ3n) is 6.97. The number of nitrogens with two attached hydrogens (primary N) is 1. The van der Waals surface area contributed by atoms with Crippen molar-refractivity contribution >= 4 is 29.0 Å². The fraction of sp³-hybridized carbons (Fsp3) is 0.321. The van der Waals surface area contributed by atoms with Gasteiger partial charge in [0, 0.05) is 54.6 Å². The lowest BCUT2D eigenvalue weighted by Crippen LogP contribution is -2.45. The number of nitrogen functional groups attached to an aromatic ring is 1. The van der Waals surface area contributed by atoms with Crippen molar-refractivity contribution in [2.24, 2.45) is 0 Å². The molecule has 4 heterocycles. The van der Waals surface area contributed by atoms with E-state index in [0.717, 1.165) is 36.2 Å². The molecule has 1 fully saturated rings. The largest absolute Gasteiger partial charge is 0.382 e. The number of nitrogens with one attached hydrogen (secondary N) is 1. The number of pyridine rings is 1. The van der Waals surface area contributed by atoms with Crippen LogP contribution in [0.15, 0.2) is 61.1 Å². The van der Waals surface area contributed by atoms with Gasteiger partial charge in [-0.05, 0) is 50.5 Å². The van der Waals surface area contributed by atoms with Crippen molar-refractivity contribution in [3.05, 3.63) is 72.4 Å². The summed E-state index contributed by atoms with van der Waals surface area (Å²) in [6.45, 7) is 4.78. The Bertz CT molecular complexity index is 1420. The minimum Gasteiger partial charge on any atom is -0.382 e. The fourth-order valence-corrected chi connectivity index (χ4v) is 5.00. The summed E-state index contributed by atoms with van der Waals surface area (Å²) in [6, 6.07) is 12.8. The number of nitrogens with zero attached hydrogens (tertiary/aromatic N) is 5. The highest BCUT2D eigenvalue weighted by Crippen LogP contribution is 2.35. The first kappa shape index (κ1) is 24.4. The molecular formula is C28H31N7O2. The molecule has 190 valence electrons. The Morgan fingerprint density at radius 1 is 1.08 bits per heavy atom. The highest BCUT2D eigenvalue weighted by Gasteiger charge is 2.32. The number of likely N-dealkylation sites (tertiary alicyclic amines) is 1. The number of carbonyl (C=O) groups excluding carboxylic acids is 2. The quantitative estimate of drug-likeness (QED) is 0.404. The number of hydrogen-bond acceptors (Lipinski definition) is 6. The van der Waals surface area contributed by atoms with Gasteiger partial charge >= 0.3 is 0 Å². The summed E-state index contributed by atoms with van der Waals surface area (Å²) in [4.78, 5) is 40.9. The van der Waals surface area contributed by atoms with Crippen molar-refractivity contribution < 1.29 is 9.59 Å². The van der Waals surface area contributed by atoms with Crippen LogP contribution in [0.25, 0.3) is 16.8 Å². The third-order valence-corrected chi connectivity index (χ3v) is 6.97. The maximum Gasteiger partial charge on any atom is 0.256 e. The number of benzene rings is 1. The van der Waals surface area contributed by atoms with Crippen LogP contribution < -0.4 is 11.1 Å². The molecule has 1 aliphatic rings. The fourth-order valence-electron chi connectivity index (χ4n) is 5.00. The van der Waals surface area contributed by atoms with Crippen LogP contribution in [-0.4, -0.2) is 48.7 Å². The SMILES string of the molecule is CCCC(=O)N1C[C@H](c2nc(-c3ccc(C(=O)Nc4ccccn4)cc3)c3c(N)nccn23)CC[C@@H]1C. The number of piperidine rings is 1. The lowest BCUT2D eigenvalue weighted by Gasteiger charge is -2.37. The zero-order valence-corrected chi connectivity index (χ0v) is 21.1. The second kappa shape index (κ2) is 10.4. The standard InChI is InChI=1S/C28H31N7O2/c1-3-6-23(36)35-17-21(9-8-18(35)2)27-33-24(25-26(29)31-15-16-34(25)27)19-10-12-20(13-11-19)28(37)32-22-7-4-5-14-30-22/h4-5,7,10-16,18,21H,3,6,8-9,17H2,1-2H3,(H2,29,31)(H,30,32,37)/t18-,21+/m0/s1. The average Bonchev–Trinajstić information content (AvgIpc) is 3.31. The Morgan fingerprint density at radius 2 is 1.89 bits per heavy atom. The zero-order chi connectivity index (χ0) is 25.9. The van der Waals surface area contributed by atoms with E-state index >= 15 is 0 Å². The van der Waals surface area contributed by atoms with E-state index in [1.54, 1.807) is 36.7 Å². The van der Waals surface area contributed by atoms with Crippen molar-refractivity contribution in [2.75, 3.05) is 17.6 Å². The minimum atomic E-state index is -0.241. The summed E-state index contributed by atoms with van der Waals surface area (Å²) in [5.74, 6) is 1.79. The molecule has 9 nitrogen and oxygen atoms in total.